The molecule has 3 rings (SSSR count). The second-order valence-electron chi connectivity index (χ2n) is 5.90. The molecule has 0 unspecified atom stereocenters. The first-order valence-electron chi connectivity index (χ1n) is 7.42. The maximum atomic E-state index is 13.6. The molecule has 1 aliphatic rings. The first-order valence-corrected chi connectivity index (χ1v) is 8.96. The highest BCUT2D eigenvalue weighted by atomic mass is 32.2. The Morgan fingerprint density at radius 1 is 1.21 bits per heavy atom. The van der Waals surface area contributed by atoms with Gasteiger partial charge in [-0.05, 0) is 29.8 Å². The lowest BCUT2D eigenvalue weighted by molar-refractivity contribution is 0.162. The maximum absolute atomic E-state index is 13.6. The Balaban J connectivity index is 2.10. The van der Waals surface area contributed by atoms with E-state index in [0.717, 1.165) is 0 Å². The summed E-state index contributed by atoms with van der Waals surface area (Å²) in [5.41, 5.74) is -0.713. The summed E-state index contributed by atoms with van der Waals surface area (Å²) in [7, 11) is -2.32. The van der Waals surface area contributed by atoms with Gasteiger partial charge in [-0.2, -0.15) is 5.26 Å². The molecule has 6 heteroatoms. The molecule has 1 aliphatic carbocycles. The van der Waals surface area contributed by atoms with Crippen molar-refractivity contribution in [3.63, 3.8) is 0 Å². The highest BCUT2D eigenvalue weighted by Crippen LogP contribution is 2.63. The van der Waals surface area contributed by atoms with Gasteiger partial charge in [0.2, 0.25) is 0 Å². The van der Waals surface area contributed by atoms with Crippen LogP contribution in [0.25, 0.3) is 0 Å². The van der Waals surface area contributed by atoms with Crippen LogP contribution in [-0.2, 0) is 14.6 Å². The Morgan fingerprint density at radius 3 is 2.50 bits per heavy atom. The largest absolute Gasteiger partial charge is 0.383 e. The van der Waals surface area contributed by atoms with Crippen molar-refractivity contribution < 1.29 is 17.5 Å². The third-order valence-corrected chi connectivity index (χ3v) is 6.75. The van der Waals surface area contributed by atoms with Crippen molar-refractivity contribution >= 4 is 9.84 Å². The normalized spacial score (nSPS) is 25.9. The first kappa shape index (κ1) is 16.6. The smallest absolute Gasteiger partial charge is 0.183 e. The Bertz CT molecular complexity index is 892. The van der Waals surface area contributed by atoms with Gasteiger partial charge < -0.3 is 4.74 Å². The molecule has 0 aromatic heterocycles. The molecule has 0 aliphatic heterocycles. The predicted molar refractivity (Wildman–Crippen MR) is 86.5 cm³/mol. The fourth-order valence-electron chi connectivity index (χ4n) is 3.37. The molecule has 0 amide bonds. The molecule has 2 aromatic carbocycles. The van der Waals surface area contributed by atoms with Crippen LogP contribution in [0.4, 0.5) is 4.39 Å². The number of hydrogen-bond acceptors (Lipinski definition) is 4. The number of methoxy groups -OCH3 is 1. The molecular weight excluding hydrogens is 329 g/mol. The van der Waals surface area contributed by atoms with Crippen LogP contribution in [0.3, 0.4) is 0 Å². The van der Waals surface area contributed by atoms with Gasteiger partial charge in [0.15, 0.2) is 9.84 Å². The number of benzene rings is 2. The minimum atomic E-state index is -3.74. The molecule has 0 saturated heterocycles. The molecule has 2 aromatic rings. The summed E-state index contributed by atoms with van der Waals surface area (Å²) >= 11 is 0. The van der Waals surface area contributed by atoms with Crippen LogP contribution >= 0.6 is 0 Å². The van der Waals surface area contributed by atoms with Gasteiger partial charge in [-0.3, -0.25) is 0 Å². The van der Waals surface area contributed by atoms with Crippen LogP contribution in [0.2, 0.25) is 0 Å². The zero-order chi connectivity index (χ0) is 17.4. The number of nitriles is 1. The molecule has 4 nitrogen and oxygen atoms in total. The predicted octanol–water partition coefficient (Wildman–Crippen LogP) is 2.92. The van der Waals surface area contributed by atoms with E-state index in [1.807, 2.05) is 0 Å². The van der Waals surface area contributed by atoms with E-state index in [-0.39, 0.29) is 11.5 Å². The summed E-state index contributed by atoms with van der Waals surface area (Å²) in [6.45, 7) is -0.0264. The van der Waals surface area contributed by atoms with E-state index in [9.17, 15) is 18.1 Å². The van der Waals surface area contributed by atoms with Gasteiger partial charge in [-0.25, -0.2) is 12.8 Å². The Labute approximate surface area is 140 Å². The lowest BCUT2D eigenvalue weighted by Crippen LogP contribution is -2.19. The minimum absolute atomic E-state index is 0.0264. The van der Waals surface area contributed by atoms with Crippen molar-refractivity contribution in [3.05, 3.63) is 66.0 Å². The first-order chi connectivity index (χ1) is 11.5. The van der Waals surface area contributed by atoms with E-state index >= 15 is 0 Å². The van der Waals surface area contributed by atoms with Gasteiger partial charge in [-0.1, -0.05) is 30.3 Å². The number of halogens is 1. The molecule has 0 N–H and O–H groups in total. The monoisotopic (exact) mass is 345 g/mol. The number of hydrogen-bond donors (Lipinski definition) is 0. The summed E-state index contributed by atoms with van der Waals surface area (Å²) < 4.78 is 44.7. The molecule has 1 fully saturated rings. The van der Waals surface area contributed by atoms with Gasteiger partial charge in [0.1, 0.15) is 11.2 Å². The molecule has 0 radical (unpaired) electrons. The third kappa shape index (κ3) is 2.50. The van der Waals surface area contributed by atoms with Crippen LogP contribution in [0.5, 0.6) is 0 Å². The van der Waals surface area contributed by atoms with Crippen LogP contribution in [0.1, 0.15) is 11.5 Å². The molecule has 3 atom stereocenters. The van der Waals surface area contributed by atoms with Crippen LogP contribution in [0, 0.1) is 22.6 Å². The second kappa shape index (κ2) is 6.00. The SMILES string of the molecule is COC[C@@]1(C#N)[C@H](c2cccc(F)c2)[C@@H]1S(=O)(=O)c1ccccc1. The fraction of sp³-hybridized carbons (Fsp3) is 0.278. The number of sulfone groups is 1. The Kier molecular flexibility index (Phi) is 4.16. The minimum Gasteiger partial charge on any atom is -0.383 e. The molecule has 24 heavy (non-hydrogen) atoms. The van der Waals surface area contributed by atoms with Crippen molar-refractivity contribution in [2.24, 2.45) is 5.41 Å². The van der Waals surface area contributed by atoms with Crippen LogP contribution in [-0.4, -0.2) is 27.4 Å². The van der Waals surface area contributed by atoms with Crippen molar-refractivity contribution in [2.75, 3.05) is 13.7 Å². The molecule has 124 valence electrons. The van der Waals surface area contributed by atoms with Gasteiger partial charge in [-0.15, -0.1) is 0 Å². The molecule has 0 heterocycles. The highest BCUT2D eigenvalue weighted by Gasteiger charge is 2.72. The van der Waals surface area contributed by atoms with Gasteiger partial charge in [0.05, 0.1) is 22.8 Å². The molecule has 0 spiro atoms. The highest BCUT2D eigenvalue weighted by molar-refractivity contribution is 7.92. The van der Waals surface area contributed by atoms with Crippen molar-refractivity contribution in [1.29, 1.82) is 5.26 Å². The average Bonchev–Trinajstić information content (AvgIpc) is 3.26. The van der Waals surface area contributed by atoms with E-state index in [1.165, 1.54) is 37.4 Å². The summed E-state index contributed by atoms with van der Waals surface area (Å²) in [5, 5.41) is 8.72. The van der Waals surface area contributed by atoms with E-state index in [4.69, 9.17) is 4.74 Å². The topological polar surface area (TPSA) is 67.2 Å². The lowest BCUT2D eigenvalue weighted by atomic mass is 10.0. The average molecular weight is 345 g/mol. The summed E-state index contributed by atoms with van der Waals surface area (Å²) in [5.74, 6) is -1.08. The third-order valence-electron chi connectivity index (χ3n) is 4.46. The number of rotatable bonds is 5. The van der Waals surface area contributed by atoms with E-state index < -0.39 is 32.2 Å². The summed E-state index contributed by atoms with van der Waals surface area (Å²) in [6.07, 6.45) is 0. The van der Waals surface area contributed by atoms with Gasteiger partial charge >= 0.3 is 0 Å². The quantitative estimate of drug-likeness (QED) is 0.836. The van der Waals surface area contributed by atoms with E-state index in [2.05, 4.69) is 6.07 Å². The van der Waals surface area contributed by atoms with Gasteiger partial charge in [0.25, 0.3) is 0 Å². The van der Waals surface area contributed by atoms with Crippen LogP contribution < -0.4 is 0 Å². The van der Waals surface area contributed by atoms with Gasteiger partial charge in [0, 0.05) is 13.0 Å². The second-order valence-corrected chi connectivity index (χ2v) is 7.97. The number of nitrogens with zero attached hydrogens (tertiary/aromatic N) is 1. The molecular formula is C18H16FNO3S. The van der Waals surface area contributed by atoms with E-state index in [0.29, 0.717) is 5.56 Å². The Morgan fingerprint density at radius 2 is 1.92 bits per heavy atom. The number of ether oxygens (including phenoxy) is 1. The van der Waals surface area contributed by atoms with Crippen molar-refractivity contribution in [1.82, 2.24) is 0 Å². The Hall–Kier alpha value is -2.23. The lowest BCUT2D eigenvalue weighted by Gasteiger charge is -2.08. The zero-order valence-electron chi connectivity index (χ0n) is 13.0. The maximum Gasteiger partial charge on any atom is 0.183 e. The summed E-state index contributed by atoms with van der Waals surface area (Å²) in [4.78, 5) is 0.157. The van der Waals surface area contributed by atoms with E-state index in [1.54, 1.807) is 24.3 Å². The standard InChI is InChI=1S/C18H16FNO3S/c1-23-12-18(11-20)16(13-6-5-7-14(19)10-13)17(18)24(21,22)15-8-3-2-4-9-15/h2-10,16-17H,12H2,1H3/t16-,17+,18+/m1/s1. The zero-order valence-corrected chi connectivity index (χ0v) is 13.8. The summed E-state index contributed by atoms with van der Waals surface area (Å²) in [6, 6.07) is 15.9. The fourth-order valence-corrected chi connectivity index (χ4v) is 5.70. The van der Waals surface area contributed by atoms with Crippen molar-refractivity contribution in [3.8, 4) is 6.07 Å². The molecule has 1 saturated carbocycles. The molecule has 0 bridgehead atoms. The van der Waals surface area contributed by atoms with Crippen LogP contribution in [0.15, 0.2) is 59.5 Å². The van der Waals surface area contributed by atoms with Crippen molar-refractivity contribution in [2.45, 2.75) is 16.1 Å².